The predicted octanol–water partition coefficient (Wildman–Crippen LogP) is 4.70. The summed E-state index contributed by atoms with van der Waals surface area (Å²) < 4.78 is 13.4. The Hall–Kier alpha value is -3.69. The number of esters is 1. The van der Waals surface area contributed by atoms with Crippen LogP contribution in [0.1, 0.15) is 75.5 Å². The number of methoxy groups -OCH3 is 1. The largest absolute Gasteiger partial charge is 0.512 e. The van der Waals surface area contributed by atoms with Crippen molar-refractivity contribution in [1.29, 1.82) is 0 Å². The van der Waals surface area contributed by atoms with Gasteiger partial charge in [0.1, 0.15) is 28.7 Å². The summed E-state index contributed by atoms with van der Waals surface area (Å²) in [7, 11) is 1.53. The molecular weight excluding hydrogens is 500 g/mol. The molecule has 3 aliphatic rings. The summed E-state index contributed by atoms with van der Waals surface area (Å²) in [4.78, 5) is 34.4. The fraction of sp³-hybridized carbons (Fsp3) is 0.552. The van der Waals surface area contributed by atoms with Crippen molar-refractivity contribution in [1.82, 2.24) is 19.6 Å². The van der Waals surface area contributed by atoms with Crippen LogP contribution in [-0.2, 0) is 25.5 Å². The van der Waals surface area contributed by atoms with E-state index in [1.54, 1.807) is 4.52 Å². The molecule has 5 rings (SSSR count). The van der Waals surface area contributed by atoms with Crippen LogP contribution in [0.2, 0.25) is 0 Å². The Balaban J connectivity index is 1.41. The first-order valence-electron chi connectivity index (χ1n) is 13.6. The third-order valence-electron chi connectivity index (χ3n) is 8.45. The number of fused-ring (bicyclic) bond motifs is 1. The molecule has 2 atom stereocenters. The summed E-state index contributed by atoms with van der Waals surface area (Å²) in [5, 5.41) is 26.0. The highest BCUT2D eigenvalue weighted by molar-refractivity contribution is 5.90. The van der Waals surface area contributed by atoms with Crippen molar-refractivity contribution in [3.63, 3.8) is 0 Å². The second-order valence-electron chi connectivity index (χ2n) is 11.1. The number of hydrogen-bond acceptors (Lipinski definition) is 9. The van der Waals surface area contributed by atoms with E-state index in [-0.39, 0.29) is 41.6 Å². The maximum Gasteiger partial charge on any atom is 0.338 e. The molecule has 39 heavy (non-hydrogen) atoms. The van der Waals surface area contributed by atoms with Crippen molar-refractivity contribution in [2.24, 2.45) is 11.8 Å². The molecule has 2 unspecified atom stereocenters. The smallest absolute Gasteiger partial charge is 0.338 e. The number of carbonyl (C=O) groups is 2. The van der Waals surface area contributed by atoms with Gasteiger partial charge in [0, 0.05) is 30.3 Å². The van der Waals surface area contributed by atoms with Crippen molar-refractivity contribution in [2.45, 2.75) is 84.2 Å². The first kappa shape index (κ1) is 26.9. The molecule has 0 amide bonds. The fourth-order valence-corrected chi connectivity index (χ4v) is 6.36. The van der Waals surface area contributed by atoms with E-state index in [2.05, 4.69) is 15.1 Å². The van der Waals surface area contributed by atoms with Gasteiger partial charge in [0.15, 0.2) is 5.82 Å². The summed E-state index contributed by atoms with van der Waals surface area (Å²) in [6, 6.07) is 1.90. The van der Waals surface area contributed by atoms with E-state index >= 15 is 0 Å². The zero-order valence-electron chi connectivity index (χ0n) is 23.0. The topological polar surface area (TPSA) is 136 Å². The zero-order valence-corrected chi connectivity index (χ0v) is 23.0. The lowest BCUT2D eigenvalue weighted by molar-refractivity contribution is -0.167. The average molecular weight is 537 g/mol. The van der Waals surface area contributed by atoms with Gasteiger partial charge in [-0.15, -0.1) is 5.10 Å². The van der Waals surface area contributed by atoms with E-state index < -0.39 is 17.5 Å². The van der Waals surface area contributed by atoms with E-state index in [4.69, 9.17) is 9.47 Å². The number of aliphatic hydroxyl groups is 2. The number of ether oxygens (including phenoxy) is 2. The molecule has 10 nitrogen and oxygen atoms in total. The second-order valence-corrected chi connectivity index (χ2v) is 11.1. The molecule has 0 aromatic carbocycles. The third-order valence-corrected chi connectivity index (χ3v) is 8.45. The van der Waals surface area contributed by atoms with Gasteiger partial charge >= 0.3 is 5.97 Å². The number of aromatic nitrogens is 4. The lowest BCUT2D eigenvalue weighted by Gasteiger charge is -2.42. The van der Waals surface area contributed by atoms with Crippen molar-refractivity contribution >= 4 is 17.5 Å². The molecule has 2 aliphatic carbocycles. The molecule has 1 aliphatic heterocycles. The summed E-state index contributed by atoms with van der Waals surface area (Å²) in [5.41, 5.74) is 1.91. The average Bonchev–Trinajstić information content (AvgIpc) is 3.56. The highest BCUT2D eigenvalue weighted by Crippen LogP contribution is 2.47. The van der Waals surface area contributed by atoms with Gasteiger partial charge in [-0.1, -0.05) is 12.8 Å². The van der Waals surface area contributed by atoms with Crippen LogP contribution in [0.4, 0.5) is 0 Å². The van der Waals surface area contributed by atoms with Crippen LogP contribution in [-0.4, -0.2) is 54.3 Å². The number of nitrogens with zero attached hydrogens (tertiary/aromatic N) is 4. The van der Waals surface area contributed by atoms with E-state index in [1.165, 1.54) is 20.1 Å². The molecule has 208 valence electrons. The molecule has 0 saturated heterocycles. The number of carbonyl (C=O) groups excluding carboxylic acids is 2. The quantitative estimate of drug-likeness (QED) is 0.460. The molecule has 2 aromatic heterocycles. The number of Topliss-reactive ketones (excluding diaryl/α,β-unsaturated/α-hetero) is 1. The van der Waals surface area contributed by atoms with Gasteiger partial charge in [-0.3, -0.25) is 4.79 Å². The van der Waals surface area contributed by atoms with E-state index in [0.29, 0.717) is 36.6 Å². The monoisotopic (exact) mass is 536 g/mol. The Kier molecular flexibility index (Phi) is 7.22. The highest BCUT2D eigenvalue weighted by atomic mass is 16.6. The van der Waals surface area contributed by atoms with Crippen molar-refractivity contribution in [3.8, 4) is 0 Å². The van der Waals surface area contributed by atoms with Crippen LogP contribution >= 0.6 is 0 Å². The molecule has 1 saturated carbocycles. The first-order valence-corrected chi connectivity index (χ1v) is 13.6. The lowest BCUT2D eigenvalue weighted by Crippen LogP contribution is -2.46. The Morgan fingerprint density at radius 2 is 1.97 bits per heavy atom. The summed E-state index contributed by atoms with van der Waals surface area (Å²) in [5.74, 6) is 0.252. The van der Waals surface area contributed by atoms with Crippen LogP contribution in [0.15, 0.2) is 40.6 Å². The number of aryl methyl sites for hydroxylation is 2. The Morgan fingerprint density at radius 3 is 2.64 bits per heavy atom. The molecule has 1 fully saturated rings. The van der Waals surface area contributed by atoms with Gasteiger partial charge in [-0.25, -0.2) is 14.3 Å². The van der Waals surface area contributed by atoms with Gasteiger partial charge in [0.2, 0.25) is 0 Å². The normalized spacial score (nSPS) is 24.4. The van der Waals surface area contributed by atoms with Crippen LogP contribution in [0.25, 0.3) is 5.78 Å². The summed E-state index contributed by atoms with van der Waals surface area (Å²) in [6.07, 6.45) is 7.07. The van der Waals surface area contributed by atoms with Gasteiger partial charge in [0.25, 0.3) is 5.78 Å². The maximum atomic E-state index is 13.4. The maximum absolute atomic E-state index is 13.4. The van der Waals surface area contributed by atoms with Crippen LogP contribution in [0.3, 0.4) is 0 Å². The van der Waals surface area contributed by atoms with Crippen molar-refractivity contribution in [3.05, 3.63) is 57.8 Å². The van der Waals surface area contributed by atoms with Gasteiger partial charge in [-0.05, 0) is 70.4 Å². The van der Waals surface area contributed by atoms with E-state index in [0.717, 1.165) is 42.6 Å². The number of allylic oxidation sites excluding steroid dienone is 3. The number of rotatable bonds is 8. The zero-order chi connectivity index (χ0) is 27.9. The van der Waals surface area contributed by atoms with Crippen molar-refractivity contribution in [2.75, 3.05) is 7.11 Å². The second kappa shape index (κ2) is 10.5. The van der Waals surface area contributed by atoms with Crippen LogP contribution < -0.4 is 0 Å². The first-order chi connectivity index (χ1) is 18.6. The molecule has 0 radical (unpaired) electrons. The Labute approximate surface area is 227 Å². The highest BCUT2D eigenvalue weighted by Gasteiger charge is 2.48. The van der Waals surface area contributed by atoms with E-state index in [1.807, 2.05) is 19.9 Å². The fourth-order valence-electron chi connectivity index (χ4n) is 6.36. The standard InChI is InChI=1S/C29H36N4O6/c1-16-11-17(2)33-28(30-16)31-26(32-33)13-22-24(36)15-29(39-27(22)37,20-7-5-6-8-20)10-9-19-12-21(18(3)34)23(35)14-25(19)38-4/h11,14,20-21,35-36H,5-10,12-13,15H2,1-4H3. The molecule has 0 bridgehead atoms. The lowest BCUT2D eigenvalue weighted by atomic mass is 9.75. The minimum Gasteiger partial charge on any atom is -0.512 e. The van der Waals surface area contributed by atoms with Gasteiger partial charge in [0.05, 0.1) is 18.6 Å². The molecular formula is C29H36N4O6. The van der Waals surface area contributed by atoms with Crippen molar-refractivity contribution < 1.29 is 29.3 Å². The predicted molar refractivity (Wildman–Crippen MR) is 142 cm³/mol. The van der Waals surface area contributed by atoms with Gasteiger partial charge in [-0.2, -0.15) is 4.98 Å². The SMILES string of the molecule is COC1=C(CCC2(C3CCCC3)CC(O)=C(Cc3nc4nc(C)cc(C)n4n3)C(=O)O2)CC(C(C)=O)C(O)=C1. The summed E-state index contributed by atoms with van der Waals surface area (Å²) in [6.45, 7) is 5.26. The number of hydrogen-bond donors (Lipinski definition) is 2. The molecule has 2 N–H and O–H groups in total. The molecule has 2 aromatic rings. The van der Waals surface area contributed by atoms with Crippen LogP contribution in [0.5, 0.6) is 0 Å². The summed E-state index contributed by atoms with van der Waals surface area (Å²) >= 11 is 0. The third kappa shape index (κ3) is 5.16. The Bertz CT molecular complexity index is 1410. The van der Waals surface area contributed by atoms with Crippen LogP contribution in [0, 0.1) is 25.7 Å². The number of cyclic esters (lactones) is 1. The molecule has 3 heterocycles. The molecule has 0 spiro atoms. The number of ketones is 1. The van der Waals surface area contributed by atoms with Gasteiger partial charge < -0.3 is 19.7 Å². The Morgan fingerprint density at radius 1 is 1.23 bits per heavy atom. The minimum atomic E-state index is -0.858. The minimum absolute atomic E-state index is 0.00373. The van der Waals surface area contributed by atoms with E-state index in [9.17, 15) is 19.8 Å². The molecule has 10 heteroatoms. The number of aliphatic hydroxyl groups excluding tert-OH is 2.